The van der Waals surface area contributed by atoms with E-state index in [0.29, 0.717) is 16.9 Å². The van der Waals surface area contributed by atoms with E-state index >= 15 is 0 Å². The number of nitrogens with zero attached hydrogens (tertiary/aromatic N) is 2. The number of carbonyl (C=O) groups is 1. The molecule has 2 heterocycles. The largest absolute Gasteiger partial charge is 0.320 e. The van der Waals surface area contributed by atoms with E-state index in [1.807, 2.05) is 19.1 Å². The minimum Gasteiger partial charge on any atom is -0.320 e. The van der Waals surface area contributed by atoms with E-state index in [1.165, 1.54) is 0 Å². The van der Waals surface area contributed by atoms with Gasteiger partial charge in [0, 0.05) is 18.1 Å². The van der Waals surface area contributed by atoms with Crippen molar-refractivity contribution in [2.75, 3.05) is 11.9 Å². The van der Waals surface area contributed by atoms with Gasteiger partial charge in [-0.25, -0.2) is 4.98 Å². The Balaban J connectivity index is 2.25. The van der Waals surface area contributed by atoms with Crippen molar-refractivity contribution in [3.05, 3.63) is 53.5 Å². The zero-order valence-corrected chi connectivity index (χ0v) is 11.1. The number of hydrogen-bond acceptors (Lipinski definition) is 4. The minimum atomic E-state index is -0.271. The Labute approximate surface area is 117 Å². The van der Waals surface area contributed by atoms with Gasteiger partial charge in [0.05, 0.1) is 17.7 Å². The van der Waals surface area contributed by atoms with Crippen molar-refractivity contribution in [3.8, 4) is 11.8 Å². The van der Waals surface area contributed by atoms with Crippen molar-refractivity contribution in [2.24, 2.45) is 5.73 Å². The number of aryl methyl sites for hydroxylation is 1. The summed E-state index contributed by atoms with van der Waals surface area (Å²) in [5.74, 6) is 5.78. The lowest BCUT2D eigenvalue weighted by atomic mass is 10.1. The molecule has 0 aromatic carbocycles. The number of pyridine rings is 2. The van der Waals surface area contributed by atoms with E-state index in [-0.39, 0.29) is 12.5 Å². The topological polar surface area (TPSA) is 80.9 Å². The van der Waals surface area contributed by atoms with Gasteiger partial charge in [0.1, 0.15) is 5.82 Å². The summed E-state index contributed by atoms with van der Waals surface area (Å²) in [4.78, 5) is 20.4. The lowest BCUT2D eigenvalue weighted by Crippen LogP contribution is -2.15. The van der Waals surface area contributed by atoms with Gasteiger partial charge < -0.3 is 11.1 Å². The Morgan fingerprint density at radius 1 is 1.40 bits per heavy atom. The number of amides is 1. The van der Waals surface area contributed by atoms with Crippen LogP contribution in [0.4, 0.5) is 5.82 Å². The molecule has 0 fully saturated rings. The SMILES string of the molecule is Cc1cccc(NC(=O)c2ccncc2C#CCN)n1. The third-order valence-electron chi connectivity index (χ3n) is 2.52. The fourth-order valence-corrected chi connectivity index (χ4v) is 1.63. The van der Waals surface area contributed by atoms with Crippen molar-refractivity contribution in [2.45, 2.75) is 6.92 Å². The summed E-state index contributed by atoms with van der Waals surface area (Å²) in [6.07, 6.45) is 3.09. The molecule has 0 spiro atoms. The maximum Gasteiger partial charge on any atom is 0.258 e. The fourth-order valence-electron chi connectivity index (χ4n) is 1.63. The number of hydrogen-bond donors (Lipinski definition) is 2. The second-order valence-electron chi connectivity index (χ2n) is 4.05. The summed E-state index contributed by atoms with van der Waals surface area (Å²) in [6.45, 7) is 2.09. The lowest BCUT2D eigenvalue weighted by molar-refractivity contribution is 0.102. The molecule has 5 heteroatoms. The van der Waals surface area contributed by atoms with Gasteiger partial charge in [-0.3, -0.25) is 9.78 Å². The molecule has 0 unspecified atom stereocenters. The van der Waals surface area contributed by atoms with Gasteiger partial charge in [-0.05, 0) is 25.1 Å². The molecular formula is C15H14N4O. The number of rotatable bonds is 2. The average Bonchev–Trinajstić information content (AvgIpc) is 2.45. The van der Waals surface area contributed by atoms with Crippen LogP contribution in [0.1, 0.15) is 21.6 Å². The summed E-state index contributed by atoms with van der Waals surface area (Å²) in [6, 6.07) is 7.04. The Bertz CT molecular complexity index is 686. The molecule has 2 aromatic rings. The maximum absolute atomic E-state index is 12.2. The molecule has 0 aliphatic rings. The zero-order valence-electron chi connectivity index (χ0n) is 11.1. The smallest absolute Gasteiger partial charge is 0.258 e. The first-order valence-corrected chi connectivity index (χ1v) is 6.08. The van der Waals surface area contributed by atoms with Crippen LogP contribution < -0.4 is 11.1 Å². The number of aromatic nitrogens is 2. The molecule has 0 aliphatic heterocycles. The predicted octanol–water partition coefficient (Wildman–Crippen LogP) is 1.35. The molecule has 2 rings (SSSR count). The maximum atomic E-state index is 12.2. The second kappa shape index (κ2) is 6.45. The van der Waals surface area contributed by atoms with Crippen LogP contribution in [0.25, 0.3) is 0 Å². The first-order chi connectivity index (χ1) is 9.70. The van der Waals surface area contributed by atoms with E-state index in [1.54, 1.807) is 24.5 Å². The van der Waals surface area contributed by atoms with Crippen molar-refractivity contribution in [1.29, 1.82) is 0 Å². The molecule has 1 amide bonds. The predicted molar refractivity (Wildman–Crippen MR) is 77.1 cm³/mol. The molecule has 0 saturated carbocycles. The molecule has 0 atom stereocenters. The zero-order chi connectivity index (χ0) is 14.4. The molecular weight excluding hydrogens is 252 g/mol. The van der Waals surface area contributed by atoms with E-state index in [4.69, 9.17) is 5.73 Å². The van der Waals surface area contributed by atoms with Gasteiger partial charge in [-0.2, -0.15) is 0 Å². The average molecular weight is 266 g/mol. The van der Waals surface area contributed by atoms with Gasteiger partial charge in [0.2, 0.25) is 0 Å². The Hall–Kier alpha value is -2.71. The van der Waals surface area contributed by atoms with Crippen LogP contribution in [0.15, 0.2) is 36.7 Å². The number of nitrogens with two attached hydrogens (primary N) is 1. The highest BCUT2D eigenvalue weighted by molar-refractivity contribution is 6.05. The summed E-state index contributed by atoms with van der Waals surface area (Å²) in [7, 11) is 0. The van der Waals surface area contributed by atoms with Crippen molar-refractivity contribution >= 4 is 11.7 Å². The lowest BCUT2D eigenvalue weighted by Gasteiger charge is -2.06. The van der Waals surface area contributed by atoms with Crippen molar-refractivity contribution < 1.29 is 4.79 Å². The van der Waals surface area contributed by atoms with Gasteiger partial charge in [-0.15, -0.1) is 0 Å². The van der Waals surface area contributed by atoms with Crippen LogP contribution in [0, 0.1) is 18.8 Å². The molecule has 100 valence electrons. The van der Waals surface area contributed by atoms with Crippen LogP contribution in [0.3, 0.4) is 0 Å². The van der Waals surface area contributed by atoms with E-state index in [0.717, 1.165) is 5.69 Å². The third kappa shape index (κ3) is 3.40. The summed E-state index contributed by atoms with van der Waals surface area (Å²) < 4.78 is 0. The normalized spacial score (nSPS) is 9.50. The van der Waals surface area contributed by atoms with Crippen LogP contribution in [-0.4, -0.2) is 22.4 Å². The van der Waals surface area contributed by atoms with Crippen LogP contribution in [-0.2, 0) is 0 Å². The minimum absolute atomic E-state index is 0.232. The molecule has 0 radical (unpaired) electrons. The first-order valence-electron chi connectivity index (χ1n) is 6.08. The highest BCUT2D eigenvalue weighted by Gasteiger charge is 2.10. The number of carbonyl (C=O) groups excluding carboxylic acids is 1. The van der Waals surface area contributed by atoms with Gasteiger partial charge in [-0.1, -0.05) is 17.9 Å². The number of anilines is 1. The summed E-state index contributed by atoms with van der Waals surface area (Å²) in [5.41, 5.74) is 7.17. The van der Waals surface area contributed by atoms with Crippen molar-refractivity contribution in [3.63, 3.8) is 0 Å². The molecule has 20 heavy (non-hydrogen) atoms. The van der Waals surface area contributed by atoms with Crippen LogP contribution in [0.2, 0.25) is 0 Å². The van der Waals surface area contributed by atoms with Gasteiger partial charge in [0.25, 0.3) is 5.91 Å². The molecule has 0 bridgehead atoms. The van der Waals surface area contributed by atoms with E-state index < -0.39 is 0 Å². The molecule has 0 aliphatic carbocycles. The van der Waals surface area contributed by atoms with Gasteiger partial charge in [0.15, 0.2) is 0 Å². The molecule has 0 saturated heterocycles. The Morgan fingerprint density at radius 2 is 2.25 bits per heavy atom. The fraction of sp³-hybridized carbons (Fsp3) is 0.133. The summed E-state index contributed by atoms with van der Waals surface area (Å²) >= 11 is 0. The van der Waals surface area contributed by atoms with E-state index in [2.05, 4.69) is 27.1 Å². The Morgan fingerprint density at radius 3 is 3.00 bits per heavy atom. The molecule has 3 N–H and O–H groups in total. The van der Waals surface area contributed by atoms with Crippen molar-refractivity contribution in [1.82, 2.24) is 9.97 Å². The monoisotopic (exact) mass is 266 g/mol. The quantitative estimate of drug-likeness (QED) is 0.804. The highest BCUT2D eigenvalue weighted by Crippen LogP contribution is 2.10. The first kappa shape index (κ1) is 13.7. The van der Waals surface area contributed by atoms with Crippen LogP contribution in [0.5, 0.6) is 0 Å². The second-order valence-corrected chi connectivity index (χ2v) is 4.05. The highest BCUT2D eigenvalue weighted by atomic mass is 16.1. The Kier molecular flexibility index (Phi) is 4.43. The van der Waals surface area contributed by atoms with Gasteiger partial charge >= 0.3 is 0 Å². The molecule has 5 nitrogen and oxygen atoms in total. The standard InChI is InChI=1S/C15H14N4O/c1-11-4-2-6-14(18-11)19-15(20)13-7-9-17-10-12(13)5-3-8-16/h2,4,6-7,9-10H,8,16H2,1H3,(H,18,19,20). The number of nitrogens with one attached hydrogen (secondary N) is 1. The summed E-state index contributed by atoms with van der Waals surface area (Å²) in [5, 5.41) is 2.74. The third-order valence-corrected chi connectivity index (χ3v) is 2.52. The van der Waals surface area contributed by atoms with E-state index in [9.17, 15) is 4.79 Å². The van der Waals surface area contributed by atoms with Crippen LogP contribution >= 0.6 is 0 Å². The molecule has 2 aromatic heterocycles.